The monoisotopic (exact) mass is 327 g/mol. The molecule has 0 radical (unpaired) electrons. The lowest BCUT2D eigenvalue weighted by molar-refractivity contribution is -0.114. The first-order valence-electron chi connectivity index (χ1n) is 7.85. The van der Waals surface area contributed by atoms with Crippen molar-refractivity contribution in [2.24, 2.45) is 0 Å². The van der Waals surface area contributed by atoms with Crippen molar-refractivity contribution in [1.29, 1.82) is 0 Å². The smallest absolute Gasteiger partial charge is 0.271 e. The van der Waals surface area contributed by atoms with E-state index in [-0.39, 0.29) is 17.5 Å². The maximum absolute atomic E-state index is 11.9. The number of carbonyl (C=O) groups is 2. The van der Waals surface area contributed by atoms with E-state index >= 15 is 0 Å². The molecule has 1 heterocycles. The van der Waals surface area contributed by atoms with E-state index in [0.29, 0.717) is 18.1 Å². The first kappa shape index (κ1) is 17.4. The van der Waals surface area contributed by atoms with Gasteiger partial charge in [-0.2, -0.15) is 0 Å². The minimum atomic E-state index is -0.227. The zero-order chi connectivity index (χ0) is 17.4. The number of hydrogen-bond donors (Lipinski definition) is 3. The SMILES string of the molecule is CCCCNC(=O)c1ccc(Nc2cccc(NC(C)=O)c2)nn1. The second kappa shape index (κ2) is 8.61. The molecule has 2 amide bonds. The Kier molecular flexibility index (Phi) is 6.24. The molecule has 2 rings (SSSR count). The third kappa shape index (κ3) is 5.35. The first-order valence-corrected chi connectivity index (χ1v) is 7.85. The molecule has 0 atom stereocenters. The zero-order valence-corrected chi connectivity index (χ0v) is 13.8. The molecule has 0 fully saturated rings. The summed E-state index contributed by atoms with van der Waals surface area (Å²) in [5, 5.41) is 16.5. The van der Waals surface area contributed by atoms with Crippen molar-refractivity contribution in [3.63, 3.8) is 0 Å². The fraction of sp³-hybridized carbons (Fsp3) is 0.294. The van der Waals surface area contributed by atoms with Gasteiger partial charge in [0.05, 0.1) is 0 Å². The van der Waals surface area contributed by atoms with Crippen molar-refractivity contribution in [3.8, 4) is 0 Å². The van der Waals surface area contributed by atoms with Crippen LogP contribution in [0.15, 0.2) is 36.4 Å². The molecule has 7 nitrogen and oxygen atoms in total. The summed E-state index contributed by atoms with van der Waals surface area (Å²) in [5.74, 6) is 0.153. The Hall–Kier alpha value is -2.96. The third-order valence-electron chi connectivity index (χ3n) is 3.17. The van der Waals surface area contributed by atoms with E-state index in [1.54, 1.807) is 24.3 Å². The predicted molar refractivity (Wildman–Crippen MR) is 93.3 cm³/mol. The van der Waals surface area contributed by atoms with Gasteiger partial charge in [-0.1, -0.05) is 19.4 Å². The first-order chi connectivity index (χ1) is 11.6. The molecule has 0 aliphatic rings. The summed E-state index contributed by atoms with van der Waals surface area (Å²) in [6.45, 7) is 4.15. The Balaban J connectivity index is 1.98. The van der Waals surface area contributed by atoms with Gasteiger partial charge in [-0.3, -0.25) is 9.59 Å². The molecule has 0 aliphatic heterocycles. The molecule has 24 heavy (non-hydrogen) atoms. The molecule has 0 spiro atoms. The van der Waals surface area contributed by atoms with Crippen LogP contribution in [0.1, 0.15) is 37.2 Å². The van der Waals surface area contributed by atoms with Crippen LogP contribution in [0, 0.1) is 0 Å². The highest BCUT2D eigenvalue weighted by atomic mass is 16.2. The van der Waals surface area contributed by atoms with Crippen molar-refractivity contribution in [1.82, 2.24) is 15.5 Å². The minimum Gasteiger partial charge on any atom is -0.351 e. The molecule has 0 aliphatic carbocycles. The van der Waals surface area contributed by atoms with Gasteiger partial charge in [-0.05, 0) is 36.8 Å². The van der Waals surface area contributed by atoms with Gasteiger partial charge in [0.25, 0.3) is 5.91 Å². The highest BCUT2D eigenvalue weighted by Gasteiger charge is 2.07. The number of anilines is 3. The van der Waals surface area contributed by atoms with Gasteiger partial charge < -0.3 is 16.0 Å². The van der Waals surface area contributed by atoms with Gasteiger partial charge in [-0.25, -0.2) is 0 Å². The lowest BCUT2D eigenvalue weighted by atomic mass is 10.2. The average Bonchev–Trinajstić information content (AvgIpc) is 2.55. The lowest BCUT2D eigenvalue weighted by Crippen LogP contribution is -2.25. The van der Waals surface area contributed by atoms with E-state index in [2.05, 4.69) is 33.1 Å². The Morgan fingerprint density at radius 2 is 1.88 bits per heavy atom. The number of nitrogens with zero attached hydrogens (tertiary/aromatic N) is 2. The van der Waals surface area contributed by atoms with Crippen molar-refractivity contribution in [3.05, 3.63) is 42.1 Å². The standard InChI is InChI=1S/C17H21N5O2/c1-3-4-10-18-17(24)15-8-9-16(22-21-15)20-14-7-5-6-13(11-14)19-12(2)23/h5-9,11H,3-4,10H2,1-2H3,(H,18,24)(H,19,23)(H,20,22). The highest BCUT2D eigenvalue weighted by molar-refractivity contribution is 5.92. The van der Waals surface area contributed by atoms with Crippen LogP contribution in [0.5, 0.6) is 0 Å². The van der Waals surface area contributed by atoms with Crippen LogP contribution < -0.4 is 16.0 Å². The molecule has 0 saturated heterocycles. The maximum atomic E-state index is 11.9. The Morgan fingerprint density at radius 1 is 1.08 bits per heavy atom. The van der Waals surface area contributed by atoms with Gasteiger partial charge in [0, 0.05) is 24.8 Å². The number of nitrogens with one attached hydrogen (secondary N) is 3. The Bertz CT molecular complexity index is 700. The predicted octanol–water partition coefficient (Wildman–Crippen LogP) is 2.71. The van der Waals surface area contributed by atoms with Gasteiger partial charge in [0.1, 0.15) is 0 Å². The second-order valence-corrected chi connectivity index (χ2v) is 5.30. The van der Waals surface area contributed by atoms with Crippen molar-refractivity contribution < 1.29 is 9.59 Å². The molecule has 0 saturated carbocycles. The van der Waals surface area contributed by atoms with Gasteiger partial charge >= 0.3 is 0 Å². The zero-order valence-electron chi connectivity index (χ0n) is 13.8. The quantitative estimate of drug-likeness (QED) is 0.680. The minimum absolute atomic E-state index is 0.134. The normalized spacial score (nSPS) is 10.1. The molecule has 126 valence electrons. The second-order valence-electron chi connectivity index (χ2n) is 5.30. The molecule has 2 aromatic rings. The number of unbranched alkanes of at least 4 members (excludes halogenated alkanes) is 1. The summed E-state index contributed by atoms with van der Waals surface area (Å²) in [4.78, 5) is 22.9. The van der Waals surface area contributed by atoms with Crippen LogP contribution in [0.4, 0.5) is 17.2 Å². The summed E-state index contributed by atoms with van der Waals surface area (Å²) in [6, 6.07) is 10.5. The molecule has 1 aromatic heterocycles. The van der Waals surface area contributed by atoms with Crippen molar-refractivity contribution in [2.45, 2.75) is 26.7 Å². The number of hydrogen-bond acceptors (Lipinski definition) is 5. The van der Waals surface area contributed by atoms with E-state index in [0.717, 1.165) is 18.5 Å². The number of carbonyl (C=O) groups excluding carboxylic acids is 2. The summed E-state index contributed by atoms with van der Waals surface area (Å²) in [5.41, 5.74) is 1.73. The van der Waals surface area contributed by atoms with Crippen molar-refractivity contribution >= 4 is 29.0 Å². The van der Waals surface area contributed by atoms with Gasteiger partial charge in [-0.15, -0.1) is 10.2 Å². The van der Waals surface area contributed by atoms with E-state index in [9.17, 15) is 9.59 Å². The van der Waals surface area contributed by atoms with Crippen LogP contribution >= 0.6 is 0 Å². The van der Waals surface area contributed by atoms with E-state index in [4.69, 9.17) is 0 Å². The molecule has 1 aromatic carbocycles. The maximum Gasteiger partial charge on any atom is 0.271 e. The summed E-state index contributed by atoms with van der Waals surface area (Å²) < 4.78 is 0. The number of benzene rings is 1. The summed E-state index contributed by atoms with van der Waals surface area (Å²) in [7, 11) is 0. The third-order valence-corrected chi connectivity index (χ3v) is 3.17. The van der Waals surface area contributed by atoms with Gasteiger partial charge in [0.2, 0.25) is 5.91 Å². The van der Waals surface area contributed by atoms with E-state index in [1.807, 2.05) is 12.1 Å². The van der Waals surface area contributed by atoms with Crippen LogP contribution in [0.3, 0.4) is 0 Å². The summed E-state index contributed by atoms with van der Waals surface area (Å²) in [6.07, 6.45) is 1.95. The Morgan fingerprint density at radius 3 is 2.54 bits per heavy atom. The molecule has 0 bridgehead atoms. The molecular formula is C17H21N5O2. The van der Waals surface area contributed by atoms with Crippen LogP contribution in [0.2, 0.25) is 0 Å². The van der Waals surface area contributed by atoms with E-state index in [1.165, 1.54) is 6.92 Å². The van der Waals surface area contributed by atoms with Gasteiger partial charge in [0.15, 0.2) is 11.5 Å². The lowest BCUT2D eigenvalue weighted by Gasteiger charge is -2.08. The van der Waals surface area contributed by atoms with Crippen LogP contribution in [-0.2, 0) is 4.79 Å². The van der Waals surface area contributed by atoms with Crippen LogP contribution in [-0.4, -0.2) is 28.6 Å². The fourth-order valence-corrected chi connectivity index (χ4v) is 2.02. The van der Waals surface area contributed by atoms with Crippen molar-refractivity contribution in [2.75, 3.05) is 17.2 Å². The molecule has 0 unspecified atom stereocenters. The molecule has 7 heteroatoms. The highest BCUT2D eigenvalue weighted by Crippen LogP contribution is 2.18. The molecular weight excluding hydrogens is 306 g/mol. The molecule has 3 N–H and O–H groups in total. The number of amides is 2. The van der Waals surface area contributed by atoms with Crippen LogP contribution in [0.25, 0.3) is 0 Å². The summed E-state index contributed by atoms with van der Waals surface area (Å²) >= 11 is 0. The van der Waals surface area contributed by atoms with E-state index < -0.39 is 0 Å². The number of rotatable bonds is 7. The number of aromatic nitrogens is 2. The Labute approximate surface area is 140 Å². The average molecular weight is 327 g/mol. The largest absolute Gasteiger partial charge is 0.351 e. The topological polar surface area (TPSA) is 96.0 Å². The fourth-order valence-electron chi connectivity index (χ4n) is 2.02.